The molecule has 0 atom stereocenters. The number of hydrogen-bond donors (Lipinski definition) is 2. The summed E-state index contributed by atoms with van der Waals surface area (Å²) >= 11 is 0. The second-order valence-electron chi connectivity index (χ2n) is 6.36. The Balaban J connectivity index is 0.00000363. The predicted molar refractivity (Wildman–Crippen MR) is 117 cm³/mol. The Bertz CT molecular complexity index is 1200. The molecule has 3 aromatic rings. The van der Waals surface area contributed by atoms with Gasteiger partial charge < -0.3 is 10.1 Å². The summed E-state index contributed by atoms with van der Waals surface area (Å²) in [5.41, 5.74) is -0.563. The van der Waals surface area contributed by atoms with Gasteiger partial charge in [0.05, 0.1) is 23.1 Å². The first kappa shape index (κ1) is 25.0. The summed E-state index contributed by atoms with van der Waals surface area (Å²) < 4.78 is 70.7. The minimum Gasteiger partial charge on any atom is -0.496 e. The van der Waals surface area contributed by atoms with E-state index in [1.54, 1.807) is 24.3 Å². The van der Waals surface area contributed by atoms with Gasteiger partial charge in [0.1, 0.15) is 5.75 Å². The number of hydrogen-bond acceptors (Lipinski definition) is 4. The van der Waals surface area contributed by atoms with Crippen molar-refractivity contribution in [1.82, 2.24) is 0 Å². The number of carbonyl (C=O) groups excluding carboxylic acids is 1. The highest BCUT2D eigenvalue weighted by atomic mass is 35.5. The number of methoxy groups -OCH3 is 1. The van der Waals surface area contributed by atoms with E-state index < -0.39 is 27.7 Å². The summed E-state index contributed by atoms with van der Waals surface area (Å²) in [7, 11) is -2.70. The van der Waals surface area contributed by atoms with E-state index in [1.165, 1.54) is 37.4 Å². The maximum atomic E-state index is 12.8. The minimum absolute atomic E-state index is 0. The molecule has 0 aromatic heterocycles. The lowest BCUT2D eigenvalue weighted by molar-refractivity contribution is -0.137. The van der Waals surface area contributed by atoms with Gasteiger partial charge in [-0.05, 0) is 54.6 Å². The fourth-order valence-electron chi connectivity index (χ4n) is 2.72. The zero-order valence-electron chi connectivity index (χ0n) is 16.5. The molecule has 0 aliphatic carbocycles. The first-order valence-electron chi connectivity index (χ1n) is 8.85. The van der Waals surface area contributed by atoms with Crippen LogP contribution in [0.2, 0.25) is 0 Å². The zero-order chi connectivity index (χ0) is 22.6. The van der Waals surface area contributed by atoms with Crippen LogP contribution in [0.4, 0.5) is 24.5 Å². The number of halogens is 4. The molecule has 11 heteroatoms. The molecule has 170 valence electrons. The van der Waals surface area contributed by atoms with Crippen LogP contribution in [-0.4, -0.2) is 21.4 Å². The van der Waals surface area contributed by atoms with Gasteiger partial charge in [0, 0.05) is 11.4 Å². The number of sulfonamides is 1. The Morgan fingerprint density at radius 1 is 0.906 bits per heavy atom. The molecule has 0 aliphatic rings. The summed E-state index contributed by atoms with van der Waals surface area (Å²) in [6, 6.07) is 15.7. The Labute approximate surface area is 188 Å². The van der Waals surface area contributed by atoms with E-state index in [-0.39, 0.29) is 23.0 Å². The molecule has 0 aliphatic heterocycles. The number of rotatable bonds is 6. The van der Waals surface area contributed by atoms with Crippen molar-refractivity contribution < 1.29 is 31.1 Å². The minimum atomic E-state index is -4.59. The number of nitrogens with one attached hydrogen (secondary N) is 2. The fourth-order valence-corrected chi connectivity index (χ4v) is 3.77. The normalized spacial score (nSPS) is 11.2. The molecule has 0 saturated heterocycles. The SMILES string of the molecule is COc1ccccc1C(=O)Nc1ccc(S(=O)(=O)Nc2cccc(C(F)(F)F)c2)cc1.Cl. The molecular weight excluding hydrogens is 469 g/mol. The number of para-hydroxylation sites is 1. The maximum Gasteiger partial charge on any atom is 0.416 e. The molecule has 1 amide bonds. The van der Waals surface area contributed by atoms with Crippen LogP contribution < -0.4 is 14.8 Å². The Hall–Kier alpha value is -3.24. The van der Waals surface area contributed by atoms with Crippen LogP contribution in [0.3, 0.4) is 0 Å². The van der Waals surface area contributed by atoms with E-state index in [0.717, 1.165) is 12.1 Å². The van der Waals surface area contributed by atoms with Crippen LogP contribution in [0, 0.1) is 0 Å². The molecule has 0 radical (unpaired) electrons. The van der Waals surface area contributed by atoms with Gasteiger partial charge in [0.25, 0.3) is 15.9 Å². The third kappa shape index (κ3) is 5.92. The molecule has 0 heterocycles. The van der Waals surface area contributed by atoms with E-state index in [0.29, 0.717) is 23.1 Å². The second-order valence-corrected chi connectivity index (χ2v) is 8.05. The van der Waals surface area contributed by atoms with Gasteiger partial charge in [-0.15, -0.1) is 12.4 Å². The standard InChI is InChI=1S/C21H17F3N2O4S.ClH/c1-30-19-8-3-2-7-18(19)20(27)25-15-9-11-17(12-10-15)31(28,29)26-16-6-4-5-14(13-16)21(22,23)24;/h2-13,26H,1H3,(H,25,27);1H. The van der Waals surface area contributed by atoms with Gasteiger partial charge in [0.15, 0.2) is 0 Å². The summed E-state index contributed by atoms with van der Waals surface area (Å²) in [6.07, 6.45) is -4.59. The first-order valence-corrected chi connectivity index (χ1v) is 10.3. The molecule has 6 nitrogen and oxygen atoms in total. The van der Waals surface area contributed by atoms with Crippen LogP contribution in [-0.2, 0) is 16.2 Å². The largest absolute Gasteiger partial charge is 0.496 e. The quantitative estimate of drug-likeness (QED) is 0.502. The van der Waals surface area contributed by atoms with Crippen LogP contribution >= 0.6 is 12.4 Å². The van der Waals surface area contributed by atoms with E-state index in [2.05, 4.69) is 10.0 Å². The van der Waals surface area contributed by atoms with Crippen LogP contribution in [0.5, 0.6) is 5.75 Å². The molecular formula is C21H18ClF3N2O4S. The number of amides is 1. The Morgan fingerprint density at radius 3 is 2.19 bits per heavy atom. The summed E-state index contributed by atoms with van der Waals surface area (Å²) in [5.74, 6) is -0.0698. The molecule has 32 heavy (non-hydrogen) atoms. The molecule has 3 rings (SSSR count). The van der Waals surface area contributed by atoms with Crippen molar-refractivity contribution in [1.29, 1.82) is 0 Å². The second kappa shape index (κ2) is 9.92. The van der Waals surface area contributed by atoms with E-state index in [1.807, 2.05) is 0 Å². The highest BCUT2D eigenvalue weighted by Crippen LogP contribution is 2.31. The van der Waals surface area contributed by atoms with Crippen LogP contribution in [0.25, 0.3) is 0 Å². The first-order chi connectivity index (χ1) is 14.6. The monoisotopic (exact) mass is 486 g/mol. The van der Waals surface area contributed by atoms with Gasteiger partial charge in [-0.2, -0.15) is 13.2 Å². The molecule has 2 N–H and O–H groups in total. The van der Waals surface area contributed by atoms with Gasteiger partial charge >= 0.3 is 6.18 Å². The maximum absolute atomic E-state index is 12.8. The molecule has 0 unspecified atom stereocenters. The lowest BCUT2D eigenvalue weighted by Crippen LogP contribution is -2.15. The van der Waals surface area contributed by atoms with E-state index >= 15 is 0 Å². The molecule has 0 saturated carbocycles. The highest BCUT2D eigenvalue weighted by molar-refractivity contribution is 7.92. The topological polar surface area (TPSA) is 84.5 Å². The van der Waals surface area contributed by atoms with E-state index in [4.69, 9.17) is 4.74 Å². The lowest BCUT2D eigenvalue weighted by Gasteiger charge is -2.12. The van der Waals surface area contributed by atoms with Crippen molar-refractivity contribution in [2.24, 2.45) is 0 Å². The van der Waals surface area contributed by atoms with Crippen molar-refractivity contribution in [2.75, 3.05) is 17.1 Å². The molecule has 0 spiro atoms. The number of carbonyl (C=O) groups is 1. The van der Waals surface area contributed by atoms with Gasteiger partial charge in [-0.1, -0.05) is 18.2 Å². The predicted octanol–water partition coefficient (Wildman–Crippen LogP) is 5.19. The van der Waals surface area contributed by atoms with Crippen LogP contribution in [0.15, 0.2) is 77.7 Å². The van der Waals surface area contributed by atoms with E-state index in [9.17, 15) is 26.4 Å². The molecule has 0 bridgehead atoms. The third-order valence-corrected chi connectivity index (χ3v) is 5.61. The van der Waals surface area contributed by atoms with Gasteiger partial charge in [0.2, 0.25) is 0 Å². The summed E-state index contributed by atoms with van der Waals surface area (Å²) in [4.78, 5) is 12.2. The number of benzene rings is 3. The van der Waals surface area contributed by atoms with Crippen molar-refractivity contribution in [2.45, 2.75) is 11.1 Å². The lowest BCUT2D eigenvalue weighted by atomic mass is 10.2. The smallest absolute Gasteiger partial charge is 0.416 e. The van der Waals surface area contributed by atoms with Gasteiger partial charge in [-0.3, -0.25) is 9.52 Å². The number of ether oxygens (including phenoxy) is 1. The Morgan fingerprint density at radius 2 is 1.56 bits per heavy atom. The van der Waals surface area contributed by atoms with Crippen molar-refractivity contribution in [3.63, 3.8) is 0 Å². The third-order valence-electron chi connectivity index (χ3n) is 4.22. The summed E-state index contributed by atoms with van der Waals surface area (Å²) in [6.45, 7) is 0. The zero-order valence-corrected chi connectivity index (χ0v) is 18.1. The molecule has 3 aromatic carbocycles. The number of anilines is 2. The summed E-state index contributed by atoms with van der Waals surface area (Å²) in [5, 5.41) is 2.63. The van der Waals surface area contributed by atoms with Crippen molar-refractivity contribution >= 4 is 39.7 Å². The molecule has 0 fully saturated rings. The van der Waals surface area contributed by atoms with Crippen LogP contribution in [0.1, 0.15) is 15.9 Å². The van der Waals surface area contributed by atoms with Gasteiger partial charge in [-0.25, -0.2) is 8.42 Å². The average molecular weight is 487 g/mol. The van der Waals surface area contributed by atoms with Crippen molar-refractivity contribution in [3.8, 4) is 5.75 Å². The number of alkyl halides is 3. The van der Waals surface area contributed by atoms with Crippen molar-refractivity contribution in [3.05, 3.63) is 83.9 Å². The fraction of sp³-hybridized carbons (Fsp3) is 0.0952. The average Bonchev–Trinajstić information content (AvgIpc) is 2.73. The highest BCUT2D eigenvalue weighted by Gasteiger charge is 2.30. The Kier molecular flexibility index (Phi) is 7.76.